The topological polar surface area (TPSA) is 70.6 Å². The van der Waals surface area contributed by atoms with Gasteiger partial charge in [0.15, 0.2) is 11.6 Å². The SMILES string of the molecule is O=C(c1cnc(Cl)c(Cl)c1)N1CCN(S(=O)(=O)c2ccc(F)c(F)c2)CC1. The van der Waals surface area contributed by atoms with Crippen LogP contribution in [0.2, 0.25) is 10.2 Å². The van der Waals surface area contributed by atoms with Crippen LogP contribution in [0.5, 0.6) is 0 Å². The average Bonchev–Trinajstić information content (AvgIpc) is 2.65. The van der Waals surface area contributed by atoms with Crippen molar-refractivity contribution in [3.8, 4) is 0 Å². The van der Waals surface area contributed by atoms with Crippen molar-refractivity contribution in [2.45, 2.75) is 4.90 Å². The summed E-state index contributed by atoms with van der Waals surface area (Å²) in [7, 11) is -3.99. The van der Waals surface area contributed by atoms with Crippen molar-refractivity contribution in [1.82, 2.24) is 14.2 Å². The third kappa shape index (κ3) is 4.06. The van der Waals surface area contributed by atoms with Crippen molar-refractivity contribution in [1.29, 1.82) is 0 Å². The van der Waals surface area contributed by atoms with Gasteiger partial charge in [-0.05, 0) is 24.3 Å². The molecule has 1 aliphatic heterocycles. The van der Waals surface area contributed by atoms with Gasteiger partial charge in [0.2, 0.25) is 10.0 Å². The molecule has 0 saturated carbocycles. The summed E-state index contributed by atoms with van der Waals surface area (Å²) in [5.74, 6) is -2.72. The molecule has 0 aliphatic carbocycles. The zero-order valence-electron chi connectivity index (χ0n) is 13.7. The van der Waals surface area contributed by atoms with Crippen molar-refractivity contribution < 1.29 is 22.0 Å². The highest BCUT2D eigenvalue weighted by Crippen LogP contribution is 2.23. The molecule has 0 N–H and O–H groups in total. The second-order valence-electron chi connectivity index (χ2n) is 5.77. The maximum Gasteiger partial charge on any atom is 0.255 e. The van der Waals surface area contributed by atoms with Gasteiger partial charge >= 0.3 is 0 Å². The quantitative estimate of drug-likeness (QED) is 0.694. The van der Waals surface area contributed by atoms with Crippen molar-refractivity contribution in [3.63, 3.8) is 0 Å². The minimum atomic E-state index is -3.99. The predicted octanol–water partition coefficient (Wildman–Crippen LogP) is 2.81. The third-order valence-electron chi connectivity index (χ3n) is 4.10. The largest absolute Gasteiger partial charge is 0.336 e. The van der Waals surface area contributed by atoms with Crippen LogP contribution in [0, 0.1) is 11.6 Å². The number of aromatic nitrogens is 1. The lowest BCUT2D eigenvalue weighted by molar-refractivity contribution is 0.0697. The maximum absolute atomic E-state index is 13.4. The number of hydrogen-bond acceptors (Lipinski definition) is 4. The lowest BCUT2D eigenvalue weighted by atomic mass is 10.2. The fraction of sp³-hybridized carbons (Fsp3) is 0.250. The second kappa shape index (κ2) is 7.67. The van der Waals surface area contributed by atoms with E-state index in [1.165, 1.54) is 17.2 Å². The first-order valence-corrected chi connectivity index (χ1v) is 9.95. The van der Waals surface area contributed by atoms with Crippen LogP contribution in [-0.2, 0) is 10.0 Å². The number of amides is 1. The van der Waals surface area contributed by atoms with Crippen LogP contribution in [-0.4, -0.2) is 54.7 Å². The van der Waals surface area contributed by atoms with Crippen LogP contribution in [0.15, 0.2) is 35.4 Å². The molecule has 0 atom stereocenters. The number of piperazine rings is 1. The molecule has 3 rings (SSSR count). The number of carbonyl (C=O) groups is 1. The van der Waals surface area contributed by atoms with Gasteiger partial charge in [-0.1, -0.05) is 23.2 Å². The number of rotatable bonds is 3. The molecule has 1 aliphatic rings. The van der Waals surface area contributed by atoms with E-state index in [0.717, 1.165) is 16.4 Å². The summed E-state index contributed by atoms with van der Waals surface area (Å²) >= 11 is 11.6. The fourth-order valence-corrected chi connectivity index (χ4v) is 4.34. The lowest BCUT2D eigenvalue weighted by Gasteiger charge is -2.34. The van der Waals surface area contributed by atoms with E-state index in [2.05, 4.69) is 4.98 Å². The van der Waals surface area contributed by atoms with E-state index >= 15 is 0 Å². The summed E-state index contributed by atoms with van der Waals surface area (Å²) < 4.78 is 52.7. The van der Waals surface area contributed by atoms with Crippen molar-refractivity contribution in [2.75, 3.05) is 26.2 Å². The van der Waals surface area contributed by atoms with Gasteiger partial charge in [0, 0.05) is 32.4 Å². The molecule has 0 spiro atoms. The van der Waals surface area contributed by atoms with Gasteiger partial charge in [0.05, 0.1) is 15.5 Å². The smallest absolute Gasteiger partial charge is 0.255 e. The minimum Gasteiger partial charge on any atom is -0.336 e. The van der Waals surface area contributed by atoms with Crippen molar-refractivity contribution in [3.05, 3.63) is 57.8 Å². The number of carbonyl (C=O) groups excluding carboxylic acids is 1. The molecule has 144 valence electrons. The first kappa shape index (κ1) is 19.9. The van der Waals surface area contributed by atoms with Gasteiger partial charge in [-0.3, -0.25) is 4.79 Å². The van der Waals surface area contributed by atoms with Gasteiger partial charge in [-0.2, -0.15) is 4.31 Å². The minimum absolute atomic E-state index is 0.0157. The van der Waals surface area contributed by atoms with Crippen LogP contribution in [0.1, 0.15) is 10.4 Å². The zero-order valence-corrected chi connectivity index (χ0v) is 16.0. The Labute approximate surface area is 164 Å². The molecule has 0 radical (unpaired) electrons. The highest BCUT2D eigenvalue weighted by Gasteiger charge is 2.31. The Balaban J connectivity index is 1.71. The Morgan fingerprint density at radius 1 is 1.04 bits per heavy atom. The summed E-state index contributed by atoms with van der Waals surface area (Å²) in [6.07, 6.45) is 1.29. The molecule has 6 nitrogen and oxygen atoms in total. The predicted molar refractivity (Wildman–Crippen MR) is 95.3 cm³/mol. The summed E-state index contributed by atoms with van der Waals surface area (Å²) in [5, 5.41) is 0.220. The second-order valence-corrected chi connectivity index (χ2v) is 8.47. The third-order valence-corrected chi connectivity index (χ3v) is 6.68. The molecular weight excluding hydrogens is 423 g/mol. The lowest BCUT2D eigenvalue weighted by Crippen LogP contribution is -2.50. The molecule has 0 unspecified atom stereocenters. The number of pyridine rings is 1. The number of nitrogens with zero attached hydrogens (tertiary/aromatic N) is 3. The molecule has 27 heavy (non-hydrogen) atoms. The molecule has 1 aromatic heterocycles. The van der Waals surface area contributed by atoms with Crippen molar-refractivity contribution in [2.24, 2.45) is 0 Å². The van der Waals surface area contributed by atoms with Crippen LogP contribution >= 0.6 is 23.2 Å². The number of halogens is 4. The summed E-state index contributed by atoms with van der Waals surface area (Å²) in [4.78, 5) is 17.4. The first-order chi connectivity index (χ1) is 12.7. The number of hydrogen-bond donors (Lipinski definition) is 0. The van der Waals surface area contributed by atoms with Gasteiger partial charge in [0.1, 0.15) is 5.15 Å². The average molecular weight is 436 g/mol. The van der Waals surface area contributed by atoms with Crippen LogP contribution in [0.3, 0.4) is 0 Å². The number of sulfonamides is 1. The van der Waals surface area contributed by atoms with E-state index in [4.69, 9.17) is 23.2 Å². The molecule has 0 bridgehead atoms. The fourth-order valence-electron chi connectivity index (χ4n) is 2.64. The van der Waals surface area contributed by atoms with E-state index in [0.29, 0.717) is 6.07 Å². The van der Waals surface area contributed by atoms with Crippen LogP contribution in [0.25, 0.3) is 0 Å². The molecule has 1 amide bonds. The van der Waals surface area contributed by atoms with Crippen LogP contribution < -0.4 is 0 Å². The van der Waals surface area contributed by atoms with Gasteiger partial charge < -0.3 is 4.90 Å². The van der Waals surface area contributed by atoms with Gasteiger partial charge in [0.25, 0.3) is 5.91 Å². The highest BCUT2D eigenvalue weighted by atomic mass is 35.5. The van der Waals surface area contributed by atoms with E-state index < -0.39 is 21.7 Å². The maximum atomic E-state index is 13.4. The molecular formula is C16H13Cl2F2N3O3S. The van der Waals surface area contributed by atoms with Crippen LogP contribution in [0.4, 0.5) is 8.78 Å². The van der Waals surface area contributed by atoms with E-state index in [9.17, 15) is 22.0 Å². The Bertz CT molecular complexity index is 996. The molecule has 2 aromatic rings. The Hall–Kier alpha value is -1.81. The normalized spacial score (nSPS) is 15.8. The molecule has 1 aromatic carbocycles. The monoisotopic (exact) mass is 435 g/mol. The zero-order chi connectivity index (χ0) is 19.8. The Morgan fingerprint density at radius 2 is 1.70 bits per heavy atom. The molecule has 1 saturated heterocycles. The number of benzene rings is 1. The standard InChI is InChI=1S/C16H13Cl2F2N3O3S/c17-12-7-10(9-21-15(12)18)16(24)22-3-5-23(6-4-22)27(25,26)11-1-2-13(19)14(20)8-11/h1-2,7-9H,3-6H2. The van der Waals surface area contributed by atoms with Gasteiger partial charge in [-0.15, -0.1) is 0 Å². The van der Waals surface area contributed by atoms with E-state index in [1.807, 2.05) is 0 Å². The Morgan fingerprint density at radius 3 is 2.30 bits per heavy atom. The molecule has 1 fully saturated rings. The van der Waals surface area contributed by atoms with Gasteiger partial charge in [-0.25, -0.2) is 22.2 Å². The Kier molecular flexibility index (Phi) is 5.66. The highest BCUT2D eigenvalue weighted by molar-refractivity contribution is 7.89. The van der Waals surface area contributed by atoms with Crippen molar-refractivity contribution >= 4 is 39.1 Å². The molecule has 11 heteroatoms. The van der Waals surface area contributed by atoms with E-state index in [-0.39, 0.29) is 52.7 Å². The summed E-state index contributed by atoms with van der Waals surface area (Å²) in [6, 6.07) is 3.80. The summed E-state index contributed by atoms with van der Waals surface area (Å²) in [6.45, 7) is 0.285. The van der Waals surface area contributed by atoms with E-state index in [1.54, 1.807) is 0 Å². The molecule has 2 heterocycles. The summed E-state index contributed by atoms with van der Waals surface area (Å²) in [5.41, 5.74) is 0.237. The first-order valence-electron chi connectivity index (χ1n) is 7.75.